The van der Waals surface area contributed by atoms with Crippen molar-refractivity contribution in [1.82, 2.24) is 0 Å². The van der Waals surface area contributed by atoms with Crippen LogP contribution in [0, 0.1) is 11.8 Å². The molecule has 0 aliphatic rings. The Bertz CT molecular complexity index is 85.6. The molecule has 0 aromatic rings. The maximum atomic E-state index is 10.4. The van der Waals surface area contributed by atoms with Crippen LogP contribution in [-0.4, -0.2) is 12.5 Å². The third kappa shape index (κ3) is 6.64. The Balaban J connectivity index is 3.27. The zero-order chi connectivity index (χ0) is 8.69. The maximum absolute atomic E-state index is 10.4. The first-order valence-electron chi connectivity index (χ1n) is 4.34. The summed E-state index contributed by atoms with van der Waals surface area (Å²) in [5, 5.41) is 10.4. The molecule has 1 nitrogen and oxygen atoms in total. The van der Waals surface area contributed by atoms with Crippen molar-refractivity contribution >= 4 is 11.6 Å². The predicted molar refractivity (Wildman–Crippen MR) is 48.5 cm³/mol. The molecular weight excluding hydrogens is 160 g/mol. The van der Waals surface area contributed by atoms with Gasteiger partial charge in [0.05, 0.1) is 6.61 Å². The number of hydrogen-bond acceptors (Lipinski definition) is 0. The van der Waals surface area contributed by atoms with Gasteiger partial charge in [-0.2, -0.15) is 0 Å². The molecule has 0 aromatic heterocycles. The third-order valence-electron chi connectivity index (χ3n) is 1.92. The average molecular weight is 178 g/mol. The van der Waals surface area contributed by atoms with E-state index in [2.05, 4.69) is 6.92 Å². The molecule has 0 saturated heterocycles. The SMILES string of the molecule is CC(C[O])CC(C)CCCCl. The summed E-state index contributed by atoms with van der Waals surface area (Å²) in [5.41, 5.74) is 0. The van der Waals surface area contributed by atoms with Crippen LogP contribution >= 0.6 is 11.6 Å². The normalized spacial score (nSPS) is 16.4. The molecule has 0 aromatic carbocycles. The summed E-state index contributed by atoms with van der Waals surface area (Å²) in [5.74, 6) is 1.74. The molecule has 0 bridgehead atoms. The second kappa shape index (κ2) is 6.93. The summed E-state index contributed by atoms with van der Waals surface area (Å²) in [7, 11) is 0. The fraction of sp³-hybridized carbons (Fsp3) is 1.00. The summed E-state index contributed by atoms with van der Waals surface area (Å²) in [6.07, 6.45) is 3.29. The van der Waals surface area contributed by atoms with Crippen molar-refractivity contribution in [3.8, 4) is 0 Å². The second-order valence-electron chi connectivity index (χ2n) is 3.44. The highest BCUT2D eigenvalue weighted by Crippen LogP contribution is 2.16. The van der Waals surface area contributed by atoms with Gasteiger partial charge in [0.15, 0.2) is 0 Å². The van der Waals surface area contributed by atoms with Crippen molar-refractivity contribution < 1.29 is 5.11 Å². The summed E-state index contributed by atoms with van der Waals surface area (Å²) < 4.78 is 0. The molecular formula is C9H18ClO. The first-order valence-corrected chi connectivity index (χ1v) is 4.88. The van der Waals surface area contributed by atoms with Crippen LogP contribution in [0.25, 0.3) is 0 Å². The van der Waals surface area contributed by atoms with Crippen molar-refractivity contribution in [1.29, 1.82) is 0 Å². The van der Waals surface area contributed by atoms with Gasteiger partial charge >= 0.3 is 0 Å². The van der Waals surface area contributed by atoms with Gasteiger partial charge in [-0.1, -0.05) is 13.8 Å². The van der Waals surface area contributed by atoms with E-state index in [1.807, 2.05) is 6.92 Å². The topological polar surface area (TPSA) is 19.9 Å². The lowest BCUT2D eigenvalue weighted by molar-refractivity contribution is 0.137. The minimum atomic E-state index is 0.0607. The van der Waals surface area contributed by atoms with Gasteiger partial charge in [-0.3, -0.25) is 0 Å². The van der Waals surface area contributed by atoms with Crippen LogP contribution in [0.3, 0.4) is 0 Å². The summed E-state index contributed by atoms with van der Waals surface area (Å²) >= 11 is 5.55. The van der Waals surface area contributed by atoms with E-state index >= 15 is 0 Å². The van der Waals surface area contributed by atoms with Crippen LogP contribution in [0.5, 0.6) is 0 Å². The van der Waals surface area contributed by atoms with Crippen LogP contribution in [0.1, 0.15) is 33.1 Å². The van der Waals surface area contributed by atoms with Gasteiger partial charge in [0.2, 0.25) is 0 Å². The van der Waals surface area contributed by atoms with Gasteiger partial charge < -0.3 is 0 Å². The molecule has 0 heterocycles. The smallest absolute Gasteiger partial charge is 0.0847 e. The molecule has 0 rings (SSSR count). The van der Waals surface area contributed by atoms with Crippen molar-refractivity contribution in [3.63, 3.8) is 0 Å². The molecule has 0 fully saturated rings. The van der Waals surface area contributed by atoms with Crippen LogP contribution in [0.2, 0.25) is 0 Å². The molecule has 0 aliphatic heterocycles. The van der Waals surface area contributed by atoms with Crippen molar-refractivity contribution in [3.05, 3.63) is 0 Å². The lowest BCUT2D eigenvalue weighted by atomic mass is 9.94. The number of halogens is 1. The Labute approximate surface area is 74.8 Å². The lowest BCUT2D eigenvalue weighted by Crippen LogP contribution is -2.06. The monoisotopic (exact) mass is 177 g/mol. The van der Waals surface area contributed by atoms with E-state index in [0.29, 0.717) is 11.8 Å². The first-order chi connectivity index (χ1) is 5.20. The van der Waals surface area contributed by atoms with Crippen molar-refractivity contribution in [2.24, 2.45) is 11.8 Å². The van der Waals surface area contributed by atoms with E-state index in [9.17, 15) is 5.11 Å². The van der Waals surface area contributed by atoms with E-state index in [0.717, 1.165) is 25.1 Å². The minimum absolute atomic E-state index is 0.0607. The Morgan fingerprint density at radius 3 is 2.36 bits per heavy atom. The minimum Gasteiger partial charge on any atom is -0.236 e. The first kappa shape index (κ1) is 11.2. The highest BCUT2D eigenvalue weighted by molar-refractivity contribution is 6.17. The van der Waals surface area contributed by atoms with Gasteiger partial charge in [-0.15, -0.1) is 11.6 Å². The molecule has 0 saturated carbocycles. The molecule has 2 heteroatoms. The van der Waals surface area contributed by atoms with Crippen molar-refractivity contribution in [2.75, 3.05) is 12.5 Å². The van der Waals surface area contributed by atoms with Gasteiger partial charge in [-0.05, 0) is 31.1 Å². The summed E-state index contributed by atoms with van der Waals surface area (Å²) in [6.45, 7) is 4.27. The number of rotatable bonds is 6. The Morgan fingerprint density at radius 1 is 1.27 bits per heavy atom. The maximum Gasteiger partial charge on any atom is 0.0847 e. The molecule has 0 amide bonds. The van der Waals surface area contributed by atoms with E-state index < -0.39 is 0 Å². The molecule has 2 unspecified atom stereocenters. The zero-order valence-electron chi connectivity index (χ0n) is 7.48. The van der Waals surface area contributed by atoms with Gasteiger partial charge in [-0.25, -0.2) is 5.11 Å². The van der Waals surface area contributed by atoms with Crippen LogP contribution in [-0.2, 0) is 5.11 Å². The van der Waals surface area contributed by atoms with Gasteiger partial charge in [0.1, 0.15) is 0 Å². The van der Waals surface area contributed by atoms with Gasteiger partial charge in [0.25, 0.3) is 0 Å². The van der Waals surface area contributed by atoms with Crippen LogP contribution in [0.4, 0.5) is 0 Å². The largest absolute Gasteiger partial charge is 0.236 e. The Kier molecular flexibility index (Phi) is 7.09. The molecule has 1 radical (unpaired) electrons. The van der Waals surface area contributed by atoms with E-state index in [4.69, 9.17) is 11.6 Å². The molecule has 0 spiro atoms. The predicted octanol–water partition coefficient (Wildman–Crippen LogP) is 3.10. The van der Waals surface area contributed by atoms with Gasteiger partial charge in [0, 0.05) is 5.88 Å². The van der Waals surface area contributed by atoms with Crippen LogP contribution in [0.15, 0.2) is 0 Å². The standard InChI is InChI=1S/C9H18ClO/c1-8(4-3-5-10)6-9(2)7-11/h8-9H,3-7H2,1-2H3. The molecule has 67 valence electrons. The molecule has 0 N–H and O–H groups in total. The molecule has 0 aliphatic carbocycles. The number of alkyl halides is 1. The summed E-state index contributed by atoms with van der Waals surface area (Å²) in [4.78, 5) is 0. The lowest BCUT2D eigenvalue weighted by Gasteiger charge is -2.13. The fourth-order valence-electron chi connectivity index (χ4n) is 1.30. The average Bonchev–Trinajstić information content (AvgIpc) is 2.00. The highest BCUT2D eigenvalue weighted by atomic mass is 35.5. The Hall–Kier alpha value is 0.250. The molecule has 11 heavy (non-hydrogen) atoms. The summed E-state index contributed by atoms with van der Waals surface area (Å²) in [6, 6.07) is 0. The second-order valence-corrected chi connectivity index (χ2v) is 3.82. The highest BCUT2D eigenvalue weighted by Gasteiger charge is 2.07. The number of hydrogen-bond donors (Lipinski definition) is 0. The fourth-order valence-corrected chi connectivity index (χ4v) is 1.45. The quantitative estimate of drug-likeness (QED) is 0.556. The third-order valence-corrected chi connectivity index (χ3v) is 2.19. The Morgan fingerprint density at radius 2 is 1.91 bits per heavy atom. The molecule has 2 atom stereocenters. The van der Waals surface area contributed by atoms with Crippen LogP contribution < -0.4 is 0 Å². The van der Waals surface area contributed by atoms with E-state index in [-0.39, 0.29) is 6.61 Å². The van der Waals surface area contributed by atoms with Crippen molar-refractivity contribution in [2.45, 2.75) is 33.1 Å². The van der Waals surface area contributed by atoms with E-state index in [1.165, 1.54) is 0 Å². The zero-order valence-corrected chi connectivity index (χ0v) is 8.23. The van der Waals surface area contributed by atoms with E-state index in [1.54, 1.807) is 0 Å².